The lowest BCUT2D eigenvalue weighted by Gasteiger charge is -2.58. The first kappa shape index (κ1) is 28.5. The Morgan fingerprint density at radius 2 is 1.40 bits per heavy atom. The molecule has 0 radical (unpaired) electrons. The zero-order valence-electron chi connectivity index (χ0n) is 28.0. The molecule has 230 valence electrons. The van der Waals surface area contributed by atoms with Crippen LogP contribution in [-0.4, -0.2) is 0 Å². The van der Waals surface area contributed by atoms with Crippen molar-refractivity contribution in [2.45, 2.75) is 71.1 Å². The summed E-state index contributed by atoms with van der Waals surface area (Å²) in [5, 5.41) is 5.32. The average Bonchev–Trinajstić information content (AvgIpc) is 3.32. The summed E-state index contributed by atoms with van der Waals surface area (Å²) >= 11 is 0. The first-order valence-corrected chi connectivity index (χ1v) is 17.4. The normalized spacial score (nSPS) is 23.9. The van der Waals surface area contributed by atoms with E-state index >= 15 is 0 Å². The van der Waals surface area contributed by atoms with Gasteiger partial charge in [0.1, 0.15) is 0 Å². The molecule has 3 atom stereocenters. The maximum atomic E-state index is 7.50. The molecule has 0 heterocycles. The van der Waals surface area contributed by atoms with Crippen molar-refractivity contribution in [1.82, 2.24) is 0 Å². The molecule has 0 amide bonds. The lowest BCUT2D eigenvalue weighted by atomic mass is 9.46. The van der Waals surface area contributed by atoms with Crippen LogP contribution in [0.1, 0.15) is 87.1 Å². The van der Waals surface area contributed by atoms with Crippen LogP contribution in [-0.2, 0) is 11.8 Å². The molecule has 0 saturated heterocycles. The van der Waals surface area contributed by atoms with Gasteiger partial charge in [-0.1, -0.05) is 144 Å². The fourth-order valence-electron chi connectivity index (χ4n) is 10.2. The van der Waals surface area contributed by atoms with Gasteiger partial charge in [-0.3, -0.25) is 0 Å². The average molecular weight is 608 g/mol. The monoisotopic (exact) mass is 607 g/mol. The van der Waals surface area contributed by atoms with Crippen LogP contribution in [0.25, 0.3) is 48.6 Å². The second-order valence-electron chi connectivity index (χ2n) is 15.7. The lowest BCUT2D eigenvalue weighted by Crippen LogP contribution is -2.49. The van der Waals surface area contributed by atoms with Crippen LogP contribution in [0.15, 0.2) is 109 Å². The Morgan fingerprint density at radius 1 is 0.660 bits per heavy atom. The van der Waals surface area contributed by atoms with E-state index < -0.39 is 0 Å². The van der Waals surface area contributed by atoms with E-state index in [1.54, 1.807) is 0 Å². The van der Waals surface area contributed by atoms with Crippen LogP contribution < -0.4 is 0 Å². The van der Waals surface area contributed by atoms with Crippen molar-refractivity contribution in [3.05, 3.63) is 148 Å². The van der Waals surface area contributed by atoms with Gasteiger partial charge in [0.15, 0.2) is 5.69 Å². The summed E-state index contributed by atoms with van der Waals surface area (Å²) in [5.74, 6) is 0.336. The van der Waals surface area contributed by atoms with Crippen LogP contribution in [0.2, 0.25) is 0 Å². The van der Waals surface area contributed by atoms with Gasteiger partial charge in [-0.25, -0.2) is 4.85 Å². The highest BCUT2D eigenvalue weighted by atomic mass is 14.6. The molecule has 0 aromatic heterocycles. The van der Waals surface area contributed by atoms with Gasteiger partial charge in [0, 0.05) is 11.3 Å². The van der Waals surface area contributed by atoms with Gasteiger partial charge in [0.25, 0.3) is 0 Å². The molecule has 3 aliphatic carbocycles. The number of hydrogen-bond acceptors (Lipinski definition) is 0. The zero-order valence-corrected chi connectivity index (χ0v) is 28.0. The lowest BCUT2D eigenvalue weighted by molar-refractivity contribution is -0.00924. The summed E-state index contributed by atoms with van der Waals surface area (Å²) in [6, 6.07) is 41.2. The van der Waals surface area contributed by atoms with E-state index in [4.69, 9.17) is 6.57 Å². The third kappa shape index (κ3) is 3.94. The van der Waals surface area contributed by atoms with E-state index in [9.17, 15) is 0 Å². The molecular weight excluding hydrogens is 567 g/mol. The predicted octanol–water partition coefficient (Wildman–Crippen LogP) is 12.8. The highest BCUT2D eigenvalue weighted by Gasteiger charge is 2.54. The highest BCUT2D eigenvalue weighted by Crippen LogP contribution is 2.64. The Labute approximate surface area is 279 Å². The number of rotatable bonds is 2. The molecule has 0 bridgehead atoms. The summed E-state index contributed by atoms with van der Waals surface area (Å²) < 4.78 is 0. The maximum Gasteiger partial charge on any atom is 0.187 e. The van der Waals surface area contributed by atoms with Crippen molar-refractivity contribution < 1.29 is 0 Å². The summed E-state index contributed by atoms with van der Waals surface area (Å²) in [4.78, 5) is 3.68. The third-order valence-corrected chi connectivity index (χ3v) is 13.0. The molecule has 0 aliphatic heterocycles. The molecular formula is C46H41N. The van der Waals surface area contributed by atoms with Gasteiger partial charge in [-0.05, 0) is 108 Å². The zero-order chi connectivity index (χ0) is 32.1. The minimum atomic E-state index is -0.0747. The first-order chi connectivity index (χ1) is 22.7. The Hall–Kier alpha value is -4.67. The minimum Gasteiger partial charge on any atom is -0.238 e. The van der Waals surface area contributed by atoms with E-state index in [-0.39, 0.29) is 16.2 Å². The van der Waals surface area contributed by atoms with Crippen molar-refractivity contribution in [3.8, 4) is 22.3 Å². The van der Waals surface area contributed by atoms with Crippen LogP contribution in [0.5, 0.6) is 0 Å². The van der Waals surface area contributed by atoms with E-state index in [0.717, 1.165) is 12.1 Å². The Bertz CT molecular complexity index is 2300. The van der Waals surface area contributed by atoms with Gasteiger partial charge in [-0.2, -0.15) is 0 Å². The van der Waals surface area contributed by atoms with Crippen LogP contribution in [0, 0.1) is 17.4 Å². The van der Waals surface area contributed by atoms with Crippen molar-refractivity contribution >= 4 is 27.2 Å². The van der Waals surface area contributed by atoms with Crippen molar-refractivity contribution in [2.24, 2.45) is 10.8 Å². The molecule has 0 N–H and O–H groups in total. The van der Waals surface area contributed by atoms with E-state index in [0.29, 0.717) is 5.92 Å². The summed E-state index contributed by atoms with van der Waals surface area (Å²) in [6.45, 7) is 17.4. The fraction of sp³-hybridized carbons (Fsp3) is 0.283. The molecule has 1 saturated carbocycles. The standard InChI is InChI=1S/C46H41N/c1-44(2)40-23-22-37-35-11-7-6-10-29(35)14-20-38(37)42(40)39-21-16-32(27-41(39)44)31-15-19-36-33(26-31)28-45(3)24-8-9-25-46(45,4)43(36)30-12-17-34(47-5)18-13-30/h6-7,10-23,26-27,43H,8-9,24-25,28H2,1-4H3. The second-order valence-corrected chi connectivity index (χ2v) is 15.7. The quantitative estimate of drug-likeness (QED) is 0.136. The van der Waals surface area contributed by atoms with Gasteiger partial charge < -0.3 is 0 Å². The van der Waals surface area contributed by atoms with Gasteiger partial charge in [-0.15, -0.1) is 0 Å². The topological polar surface area (TPSA) is 4.36 Å². The van der Waals surface area contributed by atoms with Gasteiger partial charge in [0.05, 0.1) is 6.57 Å². The molecule has 0 spiro atoms. The number of hydrogen-bond donors (Lipinski definition) is 0. The van der Waals surface area contributed by atoms with Crippen LogP contribution >= 0.6 is 0 Å². The highest BCUT2D eigenvalue weighted by molar-refractivity contribution is 6.14. The van der Waals surface area contributed by atoms with E-state index in [2.05, 4.69) is 130 Å². The van der Waals surface area contributed by atoms with Gasteiger partial charge >= 0.3 is 0 Å². The molecule has 6 aromatic rings. The molecule has 6 aromatic carbocycles. The molecule has 1 heteroatoms. The van der Waals surface area contributed by atoms with Crippen LogP contribution in [0.4, 0.5) is 5.69 Å². The van der Waals surface area contributed by atoms with Crippen molar-refractivity contribution in [3.63, 3.8) is 0 Å². The number of benzene rings is 6. The molecule has 9 rings (SSSR count). The number of nitrogens with zero attached hydrogens (tertiary/aromatic N) is 1. The number of fused-ring (bicyclic) bond motifs is 9. The fourth-order valence-corrected chi connectivity index (χ4v) is 10.2. The summed E-state index contributed by atoms with van der Waals surface area (Å²) in [5.41, 5.74) is 13.7. The smallest absolute Gasteiger partial charge is 0.187 e. The van der Waals surface area contributed by atoms with Crippen molar-refractivity contribution in [1.29, 1.82) is 0 Å². The largest absolute Gasteiger partial charge is 0.238 e. The Morgan fingerprint density at radius 3 is 2.23 bits per heavy atom. The SMILES string of the molecule is [C-]#[N+]c1ccc(C2c3ccc(-c4ccc5c(c4)C(C)(C)c4ccc6c(ccc7ccccc76)c4-5)cc3CC3(C)CCCCC23C)cc1. The molecule has 47 heavy (non-hydrogen) atoms. The Kier molecular flexibility index (Phi) is 6.02. The molecule has 3 aliphatic rings. The second kappa shape index (κ2) is 9.92. The summed E-state index contributed by atoms with van der Waals surface area (Å²) in [6.07, 6.45) is 6.28. The minimum absolute atomic E-state index is 0.0747. The Balaban J connectivity index is 1.17. The molecule has 3 unspecified atom stereocenters. The predicted molar refractivity (Wildman–Crippen MR) is 197 cm³/mol. The molecule has 1 fully saturated rings. The molecule has 1 nitrogen and oxygen atoms in total. The maximum absolute atomic E-state index is 7.50. The van der Waals surface area contributed by atoms with E-state index in [1.165, 1.54) is 97.3 Å². The van der Waals surface area contributed by atoms with Gasteiger partial charge in [0.2, 0.25) is 0 Å². The van der Waals surface area contributed by atoms with E-state index in [1.807, 2.05) is 12.1 Å². The third-order valence-electron chi connectivity index (χ3n) is 13.0. The van der Waals surface area contributed by atoms with Crippen molar-refractivity contribution in [2.75, 3.05) is 0 Å². The summed E-state index contributed by atoms with van der Waals surface area (Å²) in [7, 11) is 0. The van der Waals surface area contributed by atoms with Crippen LogP contribution in [0.3, 0.4) is 0 Å². The first-order valence-electron chi connectivity index (χ1n) is 17.4.